The van der Waals surface area contributed by atoms with Crippen LogP contribution in [-0.4, -0.2) is 54.1 Å². The molecule has 0 aliphatic carbocycles. The number of hydrogen-bond acceptors (Lipinski definition) is 6. The minimum Gasteiger partial charge on any atom is -0.488 e. The predicted molar refractivity (Wildman–Crippen MR) is 89.9 cm³/mol. The van der Waals surface area contributed by atoms with Crippen LogP contribution in [0.3, 0.4) is 0 Å². The number of halogens is 3. The molecule has 10 heteroatoms. The average molecular weight is 400 g/mol. The first-order chi connectivity index (χ1) is 13.3. The molecule has 1 aromatic carbocycles. The number of ether oxygens (including phenoxy) is 4. The van der Waals surface area contributed by atoms with Crippen LogP contribution in [0.1, 0.15) is 22.8 Å². The Kier molecular flexibility index (Phi) is 5.90. The van der Waals surface area contributed by atoms with Gasteiger partial charge in [0, 0.05) is 6.20 Å². The maximum absolute atomic E-state index is 13.2. The summed E-state index contributed by atoms with van der Waals surface area (Å²) in [6, 6.07) is 6.48. The van der Waals surface area contributed by atoms with Gasteiger partial charge in [0.05, 0.1) is 38.1 Å². The van der Waals surface area contributed by atoms with Crippen LogP contribution >= 0.6 is 0 Å². The Morgan fingerprint density at radius 2 is 1.93 bits per heavy atom. The molecule has 2 heterocycles. The standard InChI is InChI=1S/C18H19F3N2O5/c1-2-25-16(24)14-9-22-23(11-14)10-13-3-5-15(6-4-13)26-12-17(18(19,20)21)27-7-8-28-17/h3-6,9,11H,2,7-8,10,12H2,1H3. The van der Waals surface area contributed by atoms with E-state index < -0.39 is 24.5 Å². The van der Waals surface area contributed by atoms with E-state index in [-0.39, 0.29) is 25.6 Å². The van der Waals surface area contributed by atoms with Gasteiger partial charge >= 0.3 is 17.9 Å². The second-order valence-corrected chi connectivity index (χ2v) is 6.03. The Morgan fingerprint density at radius 3 is 2.54 bits per heavy atom. The Morgan fingerprint density at radius 1 is 1.25 bits per heavy atom. The highest BCUT2D eigenvalue weighted by Gasteiger charge is 2.61. The van der Waals surface area contributed by atoms with Crippen molar-refractivity contribution in [1.82, 2.24) is 9.78 Å². The first-order valence-corrected chi connectivity index (χ1v) is 8.59. The lowest BCUT2D eigenvalue weighted by Crippen LogP contribution is -2.51. The molecule has 0 amide bonds. The summed E-state index contributed by atoms with van der Waals surface area (Å²) in [6.07, 6.45) is -1.72. The van der Waals surface area contributed by atoms with Crippen molar-refractivity contribution in [3.63, 3.8) is 0 Å². The summed E-state index contributed by atoms with van der Waals surface area (Å²) in [4.78, 5) is 11.6. The molecule has 0 unspecified atom stereocenters. The summed E-state index contributed by atoms with van der Waals surface area (Å²) in [6.45, 7) is 1.29. The summed E-state index contributed by atoms with van der Waals surface area (Å²) >= 11 is 0. The molecule has 1 saturated heterocycles. The van der Waals surface area contributed by atoms with E-state index in [4.69, 9.17) is 18.9 Å². The van der Waals surface area contributed by atoms with Crippen molar-refractivity contribution in [2.24, 2.45) is 0 Å². The molecule has 28 heavy (non-hydrogen) atoms. The second kappa shape index (κ2) is 8.19. The van der Waals surface area contributed by atoms with E-state index in [1.165, 1.54) is 6.20 Å². The molecular formula is C18H19F3N2O5. The zero-order valence-electron chi connectivity index (χ0n) is 15.1. The van der Waals surface area contributed by atoms with Gasteiger partial charge in [-0.1, -0.05) is 12.1 Å². The number of alkyl halides is 3. The molecule has 0 radical (unpaired) electrons. The number of benzene rings is 1. The maximum Gasteiger partial charge on any atom is 0.447 e. The Bertz CT molecular complexity index is 798. The van der Waals surface area contributed by atoms with E-state index in [2.05, 4.69) is 5.10 Å². The topological polar surface area (TPSA) is 71.8 Å². The van der Waals surface area contributed by atoms with Crippen LogP contribution in [0.5, 0.6) is 5.75 Å². The summed E-state index contributed by atoms with van der Waals surface area (Å²) in [5.74, 6) is -2.93. The second-order valence-electron chi connectivity index (χ2n) is 6.03. The Hall–Kier alpha value is -2.59. The van der Waals surface area contributed by atoms with E-state index in [0.717, 1.165) is 5.56 Å². The first kappa shape index (κ1) is 20.2. The minimum atomic E-state index is -4.69. The fourth-order valence-electron chi connectivity index (χ4n) is 2.61. The fourth-order valence-corrected chi connectivity index (χ4v) is 2.61. The molecule has 1 fully saturated rings. The molecule has 152 valence electrons. The fraction of sp³-hybridized carbons (Fsp3) is 0.444. The van der Waals surface area contributed by atoms with Gasteiger partial charge in [0.25, 0.3) is 0 Å². The number of carbonyl (C=O) groups is 1. The Labute approximate surface area is 158 Å². The number of nitrogens with zero attached hydrogens (tertiary/aromatic N) is 2. The molecule has 7 nitrogen and oxygen atoms in total. The maximum atomic E-state index is 13.2. The zero-order valence-corrected chi connectivity index (χ0v) is 15.1. The zero-order chi connectivity index (χ0) is 20.2. The lowest BCUT2D eigenvalue weighted by Gasteiger charge is -2.29. The molecule has 0 spiro atoms. The SMILES string of the molecule is CCOC(=O)c1cnn(Cc2ccc(OCC3(C(F)(F)F)OCCO3)cc2)c1. The molecule has 1 aliphatic rings. The van der Waals surface area contributed by atoms with Crippen molar-refractivity contribution in [3.8, 4) is 5.75 Å². The van der Waals surface area contributed by atoms with Crippen molar-refractivity contribution in [1.29, 1.82) is 0 Å². The van der Waals surface area contributed by atoms with Gasteiger partial charge in [0.15, 0.2) is 6.61 Å². The minimum absolute atomic E-state index is 0.139. The van der Waals surface area contributed by atoms with Crippen molar-refractivity contribution < 1.29 is 36.9 Å². The van der Waals surface area contributed by atoms with Crippen LogP contribution < -0.4 is 4.74 Å². The van der Waals surface area contributed by atoms with Gasteiger partial charge in [-0.05, 0) is 24.6 Å². The molecule has 0 atom stereocenters. The van der Waals surface area contributed by atoms with Crippen LogP contribution in [0, 0.1) is 0 Å². The molecule has 1 aliphatic heterocycles. The third-order valence-corrected chi connectivity index (χ3v) is 4.03. The predicted octanol–water partition coefficient (Wildman–Crippen LogP) is 2.79. The third-order valence-electron chi connectivity index (χ3n) is 4.03. The average Bonchev–Trinajstić information content (AvgIpc) is 3.31. The quantitative estimate of drug-likeness (QED) is 0.666. The van der Waals surface area contributed by atoms with Gasteiger partial charge in [0.1, 0.15) is 5.75 Å². The molecule has 0 saturated carbocycles. The first-order valence-electron chi connectivity index (χ1n) is 8.59. The lowest BCUT2D eigenvalue weighted by molar-refractivity contribution is -0.350. The van der Waals surface area contributed by atoms with E-state index in [1.807, 2.05) is 0 Å². The Balaban J connectivity index is 1.59. The van der Waals surface area contributed by atoms with Gasteiger partial charge in [-0.25, -0.2) is 4.79 Å². The summed E-state index contributed by atoms with van der Waals surface area (Å²) < 4.78 is 60.7. The molecule has 2 aromatic rings. The van der Waals surface area contributed by atoms with Crippen molar-refractivity contribution in [3.05, 3.63) is 47.8 Å². The number of rotatable bonds is 7. The number of carbonyl (C=O) groups excluding carboxylic acids is 1. The van der Waals surface area contributed by atoms with Crippen LogP contribution in [0.15, 0.2) is 36.7 Å². The summed E-state index contributed by atoms with van der Waals surface area (Å²) in [5.41, 5.74) is 1.17. The van der Waals surface area contributed by atoms with Crippen molar-refractivity contribution >= 4 is 5.97 Å². The van der Waals surface area contributed by atoms with Gasteiger partial charge < -0.3 is 18.9 Å². The lowest BCUT2D eigenvalue weighted by atomic mass is 10.2. The van der Waals surface area contributed by atoms with Gasteiger partial charge in [-0.3, -0.25) is 4.68 Å². The van der Waals surface area contributed by atoms with Gasteiger partial charge in [-0.15, -0.1) is 0 Å². The van der Waals surface area contributed by atoms with Gasteiger partial charge in [0.2, 0.25) is 0 Å². The molecular weight excluding hydrogens is 381 g/mol. The van der Waals surface area contributed by atoms with Crippen molar-refractivity contribution in [2.45, 2.75) is 25.4 Å². The monoisotopic (exact) mass is 400 g/mol. The van der Waals surface area contributed by atoms with E-state index in [9.17, 15) is 18.0 Å². The highest BCUT2D eigenvalue weighted by atomic mass is 19.4. The summed E-state index contributed by atoms with van der Waals surface area (Å²) in [5, 5.41) is 4.09. The number of esters is 1. The largest absolute Gasteiger partial charge is 0.488 e. The normalized spacial score (nSPS) is 16.1. The molecule has 3 rings (SSSR count). The molecule has 0 N–H and O–H groups in total. The summed E-state index contributed by atoms with van der Waals surface area (Å²) in [7, 11) is 0. The number of aromatic nitrogens is 2. The van der Waals surface area contributed by atoms with Crippen LogP contribution in [0.25, 0.3) is 0 Å². The highest BCUT2D eigenvalue weighted by molar-refractivity contribution is 5.88. The highest BCUT2D eigenvalue weighted by Crippen LogP contribution is 2.38. The molecule has 0 bridgehead atoms. The van der Waals surface area contributed by atoms with Gasteiger partial charge in [-0.2, -0.15) is 18.3 Å². The van der Waals surface area contributed by atoms with E-state index in [1.54, 1.807) is 42.1 Å². The van der Waals surface area contributed by atoms with Crippen LogP contribution in [0.4, 0.5) is 13.2 Å². The van der Waals surface area contributed by atoms with E-state index >= 15 is 0 Å². The van der Waals surface area contributed by atoms with Crippen LogP contribution in [0.2, 0.25) is 0 Å². The molecule has 1 aromatic heterocycles. The number of hydrogen-bond donors (Lipinski definition) is 0. The third kappa shape index (κ3) is 4.45. The van der Waals surface area contributed by atoms with E-state index in [0.29, 0.717) is 12.1 Å². The van der Waals surface area contributed by atoms with Crippen molar-refractivity contribution in [2.75, 3.05) is 26.4 Å². The van der Waals surface area contributed by atoms with Crippen LogP contribution in [-0.2, 0) is 20.8 Å². The smallest absolute Gasteiger partial charge is 0.447 e.